The molecule has 364 valence electrons. The molecular formula is C47H65N9O9S2. The van der Waals surface area contributed by atoms with Crippen LogP contribution in [-0.2, 0) is 24.6 Å². The second-order valence-corrected chi connectivity index (χ2v) is 22.0. The summed E-state index contributed by atoms with van der Waals surface area (Å²) < 4.78 is 41.9. The summed E-state index contributed by atoms with van der Waals surface area (Å²) in [4.78, 5) is 67.7. The van der Waals surface area contributed by atoms with Crippen molar-refractivity contribution >= 4 is 61.4 Å². The van der Waals surface area contributed by atoms with Gasteiger partial charge >= 0.3 is 12.0 Å². The van der Waals surface area contributed by atoms with Crippen LogP contribution in [0, 0.1) is 11.8 Å². The minimum absolute atomic E-state index is 0.0282. The molecule has 2 saturated carbocycles. The second kappa shape index (κ2) is 20.7. The average molecular weight is 964 g/mol. The molecule has 67 heavy (non-hydrogen) atoms. The fraction of sp³-hybridized carbons (Fsp3) is 0.617. The molecule has 20 heteroatoms. The summed E-state index contributed by atoms with van der Waals surface area (Å²) in [5, 5.41) is 26.0. The molecule has 5 heterocycles. The van der Waals surface area contributed by atoms with Crippen LogP contribution in [0.25, 0.3) is 22.3 Å². The van der Waals surface area contributed by atoms with Gasteiger partial charge in [-0.05, 0) is 76.8 Å². The number of aliphatic carboxylic acids is 1. The van der Waals surface area contributed by atoms with Crippen LogP contribution >= 0.6 is 11.3 Å². The van der Waals surface area contributed by atoms with Gasteiger partial charge in [-0.1, -0.05) is 44.3 Å². The Labute approximate surface area is 396 Å². The average Bonchev–Trinajstić information content (AvgIpc) is 3.56. The predicted octanol–water partition coefficient (Wildman–Crippen LogP) is 5.51. The maximum atomic E-state index is 15.1. The number of amides is 4. The zero-order valence-corrected chi connectivity index (χ0v) is 40.5. The molecule has 0 bridgehead atoms. The lowest BCUT2D eigenvalue weighted by atomic mass is 9.84. The summed E-state index contributed by atoms with van der Waals surface area (Å²) in [5.74, 6) is -1.54. The molecular weight excluding hydrogens is 899 g/mol. The first-order valence-corrected chi connectivity index (χ1v) is 26.1. The van der Waals surface area contributed by atoms with Crippen LogP contribution in [-0.4, -0.2) is 137 Å². The van der Waals surface area contributed by atoms with Crippen molar-refractivity contribution in [1.29, 1.82) is 0 Å². The molecule has 4 amide bonds. The van der Waals surface area contributed by atoms with Crippen molar-refractivity contribution in [2.24, 2.45) is 11.8 Å². The van der Waals surface area contributed by atoms with Crippen LogP contribution in [0.1, 0.15) is 97.3 Å². The zero-order chi connectivity index (χ0) is 47.5. The molecule has 1 aromatic carbocycles. The van der Waals surface area contributed by atoms with Gasteiger partial charge in [-0.15, -0.1) is 11.3 Å². The highest BCUT2D eigenvalue weighted by Gasteiger charge is 2.61. The number of methoxy groups -OCH3 is 1. The largest absolute Gasteiger partial charge is 0.497 e. The van der Waals surface area contributed by atoms with E-state index in [0.717, 1.165) is 50.1 Å². The number of hydrogen-bond acceptors (Lipinski definition) is 12. The number of pyridine rings is 1. The Morgan fingerprint density at radius 3 is 2.55 bits per heavy atom. The van der Waals surface area contributed by atoms with E-state index in [-0.39, 0.29) is 44.3 Å². The van der Waals surface area contributed by atoms with E-state index >= 15 is 4.79 Å². The lowest BCUT2D eigenvalue weighted by molar-refractivity contribution is -0.145. The van der Waals surface area contributed by atoms with Crippen molar-refractivity contribution in [3.05, 3.63) is 41.8 Å². The van der Waals surface area contributed by atoms with Gasteiger partial charge in [-0.3, -0.25) is 9.59 Å². The fourth-order valence-corrected chi connectivity index (χ4v) is 12.4. The maximum absolute atomic E-state index is 15.1. The van der Waals surface area contributed by atoms with Gasteiger partial charge in [-0.25, -0.2) is 19.6 Å². The molecule has 5 N–H and O–H groups in total. The van der Waals surface area contributed by atoms with Crippen molar-refractivity contribution in [2.75, 3.05) is 45.7 Å². The number of carboxylic acid groups (broad SMARTS) is 1. The minimum atomic E-state index is -3.70. The minimum Gasteiger partial charge on any atom is -0.497 e. The first-order chi connectivity index (χ1) is 32.1. The van der Waals surface area contributed by atoms with Crippen molar-refractivity contribution in [1.82, 2.24) is 39.4 Å². The van der Waals surface area contributed by atoms with Gasteiger partial charge in [0.1, 0.15) is 40.9 Å². The summed E-state index contributed by atoms with van der Waals surface area (Å²) in [6.45, 7) is 4.94. The molecule has 6 atom stereocenters. The van der Waals surface area contributed by atoms with Gasteiger partial charge in [0.2, 0.25) is 11.8 Å². The third-order valence-corrected chi connectivity index (χ3v) is 16.6. The number of nitrogens with one attached hydrogen (secondary N) is 4. The van der Waals surface area contributed by atoms with E-state index in [1.54, 1.807) is 32.4 Å². The smallest absolute Gasteiger partial charge is 0.330 e. The molecule has 3 aromatic rings. The molecule has 8 rings (SSSR count). The predicted molar refractivity (Wildman–Crippen MR) is 255 cm³/mol. The van der Waals surface area contributed by atoms with E-state index in [2.05, 4.69) is 21.3 Å². The zero-order valence-electron chi connectivity index (χ0n) is 38.9. The fourth-order valence-electron chi connectivity index (χ4n) is 10.1. The van der Waals surface area contributed by atoms with Gasteiger partial charge in [0, 0.05) is 74.0 Å². The van der Waals surface area contributed by atoms with Gasteiger partial charge in [0.15, 0.2) is 5.13 Å². The van der Waals surface area contributed by atoms with E-state index in [0.29, 0.717) is 66.1 Å². The summed E-state index contributed by atoms with van der Waals surface area (Å²) in [7, 11) is -0.558. The number of ether oxygens (including phenoxy) is 2. The third-order valence-electron chi connectivity index (χ3n) is 13.9. The molecule has 2 saturated heterocycles. The number of aromatic nitrogens is 2. The van der Waals surface area contributed by atoms with Crippen molar-refractivity contribution in [2.45, 2.75) is 133 Å². The molecule has 3 aliphatic heterocycles. The Balaban J connectivity index is 1.09. The molecule has 2 aromatic heterocycles. The number of hydrogen-bond donors (Lipinski definition) is 5. The topological polar surface area (TPSA) is 225 Å². The third kappa shape index (κ3) is 11.0. The van der Waals surface area contributed by atoms with Gasteiger partial charge in [-0.2, -0.15) is 17.0 Å². The number of nitrogens with zero attached hydrogens (tertiary/aromatic N) is 5. The Hall–Kier alpha value is -5.05. The van der Waals surface area contributed by atoms with Gasteiger partial charge in [0.05, 0.1) is 24.9 Å². The SMILES string of the molecule is COc1ccc2c(O[C@@H]3C[C@H]4C(=O)N[C@]5(C(=O)O)CC5C=CCCCCC[C@H](NC(=O)N[C@H](CN5CCCN(C)S5(=O)=O)C5CCCCC5)C(=O)N4C3)cc(-c3csc(NC(C)C)n3)nc2c1. The monoisotopic (exact) mass is 963 g/mol. The second-order valence-electron chi connectivity index (χ2n) is 19.1. The molecule has 0 radical (unpaired) electrons. The molecule has 18 nitrogen and oxygen atoms in total. The Morgan fingerprint density at radius 2 is 1.79 bits per heavy atom. The summed E-state index contributed by atoms with van der Waals surface area (Å²) in [6.07, 6.45) is 11.9. The van der Waals surface area contributed by atoms with E-state index < -0.39 is 69.7 Å². The number of carbonyl (C=O) groups excluding carboxylic acids is 3. The summed E-state index contributed by atoms with van der Waals surface area (Å²) in [5.41, 5.74) is 0.262. The maximum Gasteiger partial charge on any atom is 0.330 e. The van der Waals surface area contributed by atoms with Gasteiger partial charge in [0.25, 0.3) is 10.2 Å². The van der Waals surface area contributed by atoms with Crippen LogP contribution in [0.15, 0.2) is 41.8 Å². The summed E-state index contributed by atoms with van der Waals surface area (Å²) >= 11 is 1.46. The molecule has 2 aliphatic carbocycles. The highest BCUT2D eigenvalue weighted by Crippen LogP contribution is 2.46. The first-order valence-electron chi connectivity index (χ1n) is 23.8. The Morgan fingerprint density at radius 1 is 1.01 bits per heavy atom. The van der Waals surface area contributed by atoms with E-state index in [4.69, 9.17) is 19.4 Å². The van der Waals surface area contributed by atoms with Crippen molar-refractivity contribution in [3.63, 3.8) is 0 Å². The van der Waals surface area contributed by atoms with Crippen molar-refractivity contribution < 1.29 is 42.2 Å². The highest BCUT2D eigenvalue weighted by molar-refractivity contribution is 7.86. The lowest BCUT2D eigenvalue weighted by Crippen LogP contribution is -2.59. The number of anilines is 1. The lowest BCUT2D eigenvalue weighted by Gasteiger charge is -2.38. The number of carbonyl (C=O) groups is 4. The number of allylic oxidation sites excluding steroid dienone is 1. The number of fused-ring (bicyclic) bond motifs is 3. The highest BCUT2D eigenvalue weighted by atomic mass is 32.2. The van der Waals surface area contributed by atoms with Crippen LogP contribution in [0.3, 0.4) is 0 Å². The quantitative estimate of drug-likeness (QED) is 0.142. The Bertz CT molecular complexity index is 2440. The van der Waals surface area contributed by atoms with Crippen LogP contribution < -0.4 is 30.7 Å². The van der Waals surface area contributed by atoms with Crippen molar-refractivity contribution in [3.8, 4) is 22.9 Å². The number of rotatable bonds is 12. The number of urea groups is 1. The standard InChI is InChI=1S/C47H65N9O9S2/c1-29(2)48-46-52-39(28-66-46)37-24-41(34-19-18-32(64-4)22-36(34)49-37)65-33-23-40-42(57)53-47(44(59)60)25-31(47)16-11-6-5-7-12-17-35(43(58)56(40)26-33)50-45(61)51-38(30-14-9-8-10-15-30)27-55-21-13-20-54(3)67(55,62)63/h11,16,18-19,22,24,28-31,33,35,38,40H,5-10,12-15,17,20-21,23,25-27H2,1-4H3,(H,48,52)(H,53,57)(H,59,60)(H2,50,51,61)/t31?,33-,35+,38-,40+,47-/m1/s1. The Kier molecular flexibility index (Phi) is 14.9. The molecule has 4 fully saturated rings. The number of benzene rings is 1. The number of thiazole rings is 1. The van der Waals surface area contributed by atoms with Crippen LogP contribution in [0.5, 0.6) is 11.5 Å². The molecule has 1 unspecified atom stereocenters. The molecule has 5 aliphatic rings. The van der Waals surface area contributed by atoms with Crippen LogP contribution in [0.2, 0.25) is 0 Å². The number of carboxylic acids is 1. The van der Waals surface area contributed by atoms with E-state index in [1.165, 1.54) is 24.8 Å². The normalized spacial score (nSPS) is 27.0. The first kappa shape index (κ1) is 48.4. The van der Waals surface area contributed by atoms with Gasteiger partial charge < -0.3 is 40.7 Å². The van der Waals surface area contributed by atoms with E-state index in [1.807, 2.05) is 37.4 Å². The van der Waals surface area contributed by atoms with Crippen LogP contribution in [0.4, 0.5) is 9.93 Å². The molecule has 0 spiro atoms. The summed E-state index contributed by atoms with van der Waals surface area (Å²) in [6, 6.07) is 4.17. The van der Waals surface area contributed by atoms with E-state index in [9.17, 15) is 27.9 Å².